The Morgan fingerprint density at radius 2 is 1.95 bits per heavy atom. The number of rotatable bonds is 5. The quantitative estimate of drug-likeness (QED) is 0.834. The molecule has 0 N–H and O–H groups in total. The second-order valence-electron chi connectivity index (χ2n) is 4.43. The van der Waals surface area contributed by atoms with E-state index >= 15 is 0 Å². The van der Waals surface area contributed by atoms with Crippen molar-refractivity contribution in [1.29, 1.82) is 0 Å². The molecule has 0 fully saturated rings. The first-order chi connectivity index (χ1) is 9.08. The van der Waals surface area contributed by atoms with Crippen molar-refractivity contribution in [1.82, 2.24) is 19.9 Å². The van der Waals surface area contributed by atoms with Crippen LogP contribution >= 0.6 is 0 Å². The molecule has 2 rings (SSSR count). The lowest BCUT2D eigenvalue weighted by molar-refractivity contribution is 0.0834. The van der Waals surface area contributed by atoms with Crippen molar-refractivity contribution in [3.05, 3.63) is 42.2 Å². The molecule has 0 spiro atoms. The van der Waals surface area contributed by atoms with E-state index in [1.807, 2.05) is 37.3 Å². The Kier molecular flexibility index (Phi) is 4.21. The fourth-order valence-electron chi connectivity index (χ4n) is 1.78. The molecule has 0 aliphatic carbocycles. The number of para-hydroxylation sites is 1. The highest BCUT2D eigenvalue weighted by molar-refractivity contribution is 5.30. The van der Waals surface area contributed by atoms with E-state index in [2.05, 4.69) is 10.3 Å². The maximum absolute atomic E-state index is 12.3. The van der Waals surface area contributed by atoms with Gasteiger partial charge in [0.15, 0.2) is 0 Å². The van der Waals surface area contributed by atoms with Crippen LogP contribution in [-0.4, -0.2) is 39.9 Å². The molecule has 0 amide bonds. The van der Waals surface area contributed by atoms with Crippen LogP contribution in [-0.2, 0) is 0 Å². The van der Waals surface area contributed by atoms with Gasteiger partial charge in [0, 0.05) is 0 Å². The highest BCUT2D eigenvalue weighted by Gasteiger charge is 2.18. The summed E-state index contributed by atoms with van der Waals surface area (Å²) in [5.74, 6) is 0. The van der Waals surface area contributed by atoms with Gasteiger partial charge in [-0.25, -0.2) is 13.5 Å². The topological polar surface area (TPSA) is 34.0 Å². The summed E-state index contributed by atoms with van der Waals surface area (Å²) in [4.78, 5) is 1.56. The molecule has 0 radical (unpaired) electrons. The lowest BCUT2D eigenvalue weighted by Crippen LogP contribution is -2.27. The van der Waals surface area contributed by atoms with Gasteiger partial charge in [0.25, 0.3) is 6.43 Å². The third-order valence-corrected chi connectivity index (χ3v) is 3.05. The third kappa shape index (κ3) is 3.35. The number of hydrogen-bond donors (Lipinski definition) is 0. The van der Waals surface area contributed by atoms with E-state index in [-0.39, 0.29) is 12.6 Å². The fraction of sp³-hybridized carbons (Fsp3) is 0.385. The Balaban J connectivity index is 2.13. The standard InChI is InChI=1S/C13H16F2N4/c1-10(18(2)9-13(14)15)12-8-19(17-16-12)11-6-4-3-5-7-11/h3-8,10,13H,9H2,1-2H3. The first-order valence-corrected chi connectivity index (χ1v) is 6.04. The summed E-state index contributed by atoms with van der Waals surface area (Å²) in [6.07, 6.45) is -0.585. The first-order valence-electron chi connectivity index (χ1n) is 6.04. The largest absolute Gasteiger partial charge is 0.292 e. The number of alkyl halides is 2. The second kappa shape index (κ2) is 5.88. The van der Waals surface area contributed by atoms with E-state index in [0.29, 0.717) is 5.69 Å². The Hall–Kier alpha value is -1.82. The minimum atomic E-state index is -2.35. The van der Waals surface area contributed by atoms with Crippen molar-refractivity contribution >= 4 is 0 Å². The smallest absolute Gasteiger partial charge is 0.251 e. The molecule has 4 nitrogen and oxygen atoms in total. The lowest BCUT2D eigenvalue weighted by Gasteiger charge is -2.21. The summed E-state index contributed by atoms with van der Waals surface area (Å²) in [6, 6.07) is 9.34. The van der Waals surface area contributed by atoms with Gasteiger partial charge in [-0.3, -0.25) is 4.90 Å². The van der Waals surface area contributed by atoms with E-state index in [1.54, 1.807) is 22.8 Å². The van der Waals surface area contributed by atoms with Gasteiger partial charge in [0.2, 0.25) is 0 Å². The maximum Gasteiger partial charge on any atom is 0.251 e. The average molecular weight is 266 g/mol. The molecular weight excluding hydrogens is 250 g/mol. The van der Waals surface area contributed by atoms with Crippen LogP contribution in [0.5, 0.6) is 0 Å². The summed E-state index contributed by atoms with van der Waals surface area (Å²) in [6.45, 7) is 1.56. The summed E-state index contributed by atoms with van der Waals surface area (Å²) < 4.78 is 26.3. The molecule has 0 aliphatic heterocycles. The van der Waals surface area contributed by atoms with E-state index in [0.717, 1.165) is 5.69 Å². The van der Waals surface area contributed by atoms with Crippen molar-refractivity contribution in [3.8, 4) is 5.69 Å². The number of aromatic nitrogens is 3. The van der Waals surface area contributed by atoms with Crippen LogP contribution in [0.1, 0.15) is 18.7 Å². The van der Waals surface area contributed by atoms with Gasteiger partial charge in [-0.05, 0) is 26.1 Å². The zero-order chi connectivity index (χ0) is 13.8. The fourth-order valence-corrected chi connectivity index (χ4v) is 1.78. The summed E-state index contributed by atoms with van der Waals surface area (Å²) in [7, 11) is 1.65. The van der Waals surface area contributed by atoms with Crippen LogP contribution in [0.2, 0.25) is 0 Å². The van der Waals surface area contributed by atoms with Crippen molar-refractivity contribution in [2.24, 2.45) is 0 Å². The van der Waals surface area contributed by atoms with Crippen LogP contribution in [0.3, 0.4) is 0 Å². The molecule has 1 aromatic carbocycles. The van der Waals surface area contributed by atoms with Crippen LogP contribution in [0.4, 0.5) is 8.78 Å². The summed E-state index contributed by atoms with van der Waals surface area (Å²) >= 11 is 0. The predicted octanol–water partition coefficient (Wildman–Crippen LogP) is 2.53. The first kappa shape index (κ1) is 13.6. The van der Waals surface area contributed by atoms with Crippen LogP contribution in [0.25, 0.3) is 5.69 Å². The van der Waals surface area contributed by atoms with Crippen LogP contribution in [0.15, 0.2) is 36.5 Å². The SMILES string of the molecule is CC(c1cn(-c2ccccc2)nn1)N(C)CC(F)F. The van der Waals surface area contributed by atoms with Gasteiger partial charge in [-0.1, -0.05) is 23.4 Å². The zero-order valence-electron chi connectivity index (χ0n) is 10.9. The highest BCUT2D eigenvalue weighted by Crippen LogP contribution is 2.18. The number of benzene rings is 1. The average Bonchev–Trinajstić information content (AvgIpc) is 2.87. The van der Waals surface area contributed by atoms with Crippen molar-refractivity contribution in [3.63, 3.8) is 0 Å². The molecule has 0 saturated heterocycles. The summed E-state index contributed by atoms with van der Waals surface area (Å²) in [5.41, 5.74) is 1.57. The molecule has 2 aromatic rings. The Morgan fingerprint density at radius 1 is 1.26 bits per heavy atom. The minimum Gasteiger partial charge on any atom is -0.292 e. The van der Waals surface area contributed by atoms with Gasteiger partial charge < -0.3 is 0 Å². The van der Waals surface area contributed by atoms with E-state index in [1.165, 1.54) is 0 Å². The predicted molar refractivity (Wildman–Crippen MR) is 68.4 cm³/mol. The van der Waals surface area contributed by atoms with Crippen LogP contribution < -0.4 is 0 Å². The van der Waals surface area contributed by atoms with Gasteiger partial charge in [0.1, 0.15) is 0 Å². The van der Waals surface area contributed by atoms with Gasteiger partial charge in [-0.2, -0.15) is 0 Å². The molecule has 1 heterocycles. The normalized spacial score (nSPS) is 13.2. The second-order valence-corrected chi connectivity index (χ2v) is 4.43. The van der Waals surface area contributed by atoms with E-state index < -0.39 is 6.43 Å². The molecule has 1 atom stereocenters. The maximum atomic E-state index is 12.3. The number of nitrogens with zero attached hydrogens (tertiary/aromatic N) is 4. The Labute approximate surface area is 110 Å². The van der Waals surface area contributed by atoms with E-state index in [4.69, 9.17) is 0 Å². The molecule has 102 valence electrons. The summed E-state index contributed by atoms with van der Waals surface area (Å²) in [5, 5.41) is 8.07. The lowest BCUT2D eigenvalue weighted by atomic mass is 10.2. The molecule has 0 aliphatic rings. The molecule has 1 unspecified atom stereocenters. The molecule has 0 bridgehead atoms. The van der Waals surface area contributed by atoms with Crippen molar-refractivity contribution in [2.45, 2.75) is 19.4 Å². The number of halogens is 2. The van der Waals surface area contributed by atoms with Gasteiger partial charge in [-0.15, -0.1) is 5.10 Å². The minimum absolute atomic E-state index is 0.202. The van der Waals surface area contributed by atoms with Gasteiger partial charge >= 0.3 is 0 Å². The molecular formula is C13H16F2N4. The van der Waals surface area contributed by atoms with Gasteiger partial charge in [0.05, 0.1) is 30.2 Å². The van der Waals surface area contributed by atoms with E-state index in [9.17, 15) is 8.78 Å². The monoisotopic (exact) mass is 266 g/mol. The Morgan fingerprint density at radius 3 is 2.58 bits per heavy atom. The third-order valence-electron chi connectivity index (χ3n) is 3.05. The van der Waals surface area contributed by atoms with Crippen LogP contribution in [0, 0.1) is 0 Å². The number of hydrogen-bond acceptors (Lipinski definition) is 3. The molecule has 1 aromatic heterocycles. The highest BCUT2D eigenvalue weighted by atomic mass is 19.3. The zero-order valence-corrected chi connectivity index (χ0v) is 10.9. The van der Waals surface area contributed by atoms with Crippen molar-refractivity contribution in [2.75, 3.05) is 13.6 Å². The Bertz CT molecular complexity index is 512. The molecule has 19 heavy (non-hydrogen) atoms. The molecule has 6 heteroatoms. The molecule has 0 saturated carbocycles. The van der Waals surface area contributed by atoms with Crippen molar-refractivity contribution < 1.29 is 8.78 Å².